The summed E-state index contributed by atoms with van der Waals surface area (Å²) in [5.74, 6) is 0.320. The number of rotatable bonds is 3. The molecule has 0 bridgehead atoms. The minimum Gasteiger partial charge on any atom is -0.332 e. The van der Waals surface area contributed by atoms with Gasteiger partial charge in [-0.25, -0.2) is 0 Å². The van der Waals surface area contributed by atoms with Gasteiger partial charge in [-0.05, 0) is 95.1 Å². The molecule has 0 saturated heterocycles. The van der Waals surface area contributed by atoms with E-state index in [1.165, 1.54) is 74.0 Å². The average Bonchev–Trinajstić information content (AvgIpc) is 3.93. The standard InChI is InChI=1S/C45H25N2S.C14H14N.Ir/c1-2-12-29-27(11-1)23-24-28-25-39-36-19-9-20-37(44(36)48-42(39)26-38(28)29)45-46-40-21-10-18-35-33-16-6-4-14-31(33)30-13-3-5-15-32(30)34-17-7-8-22-41(34)47(45)43(35)40;1-11(2)13-8-9-15-14(10-13)12-6-4-3-5-7-12;/h1-19,21-26H;3-6,8-11H,1-2H3;/q2*-1;/i;11D;. The molecule has 5 heteroatoms. The van der Waals surface area contributed by atoms with Gasteiger partial charge in [-0.1, -0.05) is 152 Å². The Hall–Kier alpha value is -7.01. The number of benzene rings is 9. The third kappa shape index (κ3) is 6.59. The fourth-order valence-corrected chi connectivity index (χ4v) is 10.6. The molecule has 13 aromatic rings. The van der Waals surface area contributed by atoms with Crippen LogP contribution in [0.1, 0.15) is 26.7 Å². The van der Waals surface area contributed by atoms with Gasteiger partial charge in [0, 0.05) is 48.7 Å². The molecule has 0 aliphatic heterocycles. The predicted octanol–water partition coefficient (Wildman–Crippen LogP) is 16.3. The molecule has 0 amide bonds. The smallest absolute Gasteiger partial charge is 0.0780 e. The largest absolute Gasteiger partial charge is 0.332 e. The van der Waals surface area contributed by atoms with Gasteiger partial charge in [-0.15, -0.1) is 54.1 Å². The molecule has 64 heavy (non-hydrogen) atoms. The molecule has 4 heterocycles. The van der Waals surface area contributed by atoms with Gasteiger partial charge >= 0.3 is 0 Å². The van der Waals surface area contributed by atoms with Crippen molar-refractivity contribution in [3.05, 3.63) is 212 Å². The molecule has 0 aliphatic rings. The van der Waals surface area contributed by atoms with E-state index in [0.29, 0.717) is 0 Å². The Morgan fingerprint density at radius 2 is 1.22 bits per heavy atom. The number of aromatic nitrogens is 3. The van der Waals surface area contributed by atoms with Crippen molar-refractivity contribution in [1.29, 1.82) is 0 Å². The average molecular weight is 1020 g/mol. The van der Waals surface area contributed by atoms with E-state index < -0.39 is 5.89 Å². The first-order chi connectivity index (χ1) is 31.4. The van der Waals surface area contributed by atoms with Crippen LogP contribution < -0.4 is 0 Å². The van der Waals surface area contributed by atoms with E-state index in [2.05, 4.69) is 173 Å². The SMILES string of the molecule is [2H]C(C)(C)c1ccnc(-c2[c-]cccc2)c1.[Ir].[c-]1ccc2c(sc3cc4c(ccc5ccccc54)cc32)c1-c1nc2cccc3c4ccccc4c4ccccc4c4ccccc4n1c23. The molecular formula is C59H39IrN3S-2. The van der Waals surface area contributed by atoms with Gasteiger partial charge in [0.2, 0.25) is 0 Å². The van der Waals surface area contributed by atoms with Crippen LogP contribution in [-0.2, 0) is 20.1 Å². The molecule has 4 aromatic heterocycles. The Morgan fingerprint density at radius 1 is 0.547 bits per heavy atom. The molecule has 0 N–H and O–H groups in total. The molecule has 0 atom stereocenters. The number of para-hydroxylation sites is 2. The zero-order valence-electron chi connectivity index (χ0n) is 36.1. The summed E-state index contributed by atoms with van der Waals surface area (Å²) >= 11 is 1.85. The molecule has 13 rings (SSSR count). The van der Waals surface area contributed by atoms with Crippen LogP contribution in [0.3, 0.4) is 0 Å². The maximum atomic E-state index is 7.99. The van der Waals surface area contributed by atoms with Gasteiger partial charge in [-0.2, -0.15) is 11.3 Å². The molecule has 307 valence electrons. The summed E-state index contributed by atoms with van der Waals surface area (Å²) in [6, 6.07) is 73.5. The van der Waals surface area contributed by atoms with E-state index in [4.69, 9.17) is 6.35 Å². The van der Waals surface area contributed by atoms with Crippen molar-refractivity contribution in [1.82, 2.24) is 14.4 Å². The summed E-state index contributed by atoms with van der Waals surface area (Å²) < 4.78 is 12.9. The second-order valence-electron chi connectivity index (χ2n) is 16.3. The van der Waals surface area contributed by atoms with Crippen LogP contribution in [0.15, 0.2) is 194 Å². The van der Waals surface area contributed by atoms with Crippen LogP contribution in [0.4, 0.5) is 0 Å². The fourth-order valence-electron chi connectivity index (χ4n) is 9.40. The molecule has 0 aliphatic carbocycles. The molecule has 0 unspecified atom stereocenters. The Labute approximate surface area is 389 Å². The molecule has 9 aromatic carbocycles. The first kappa shape index (κ1) is 38.6. The second kappa shape index (κ2) is 16.3. The van der Waals surface area contributed by atoms with Crippen LogP contribution in [0.5, 0.6) is 0 Å². The topological polar surface area (TPSA) is 30.2 Å². The third-order valence-corrected chi connectivity index (χ3v) is 13.6. The van der Waals surface area contributed by atoms with Crippen molar-refractivity contribution in [2.45, 2.75) is 19.7 Å². The van der Waals surface area contributed by atoms with Gasteiger partial charge in [0.15, 0.2) is 0 Å². The van der Waals surface area contributed by atoms with Crippen LogP contribution in [-0.4, -0.2) is 14.4 Å². The summed E-state index contributed by atoms with van der Waals surface area (Å²) in [7, 11) is 0. The number of hydrogen-bond acceptors (Lipinski definition) is 3. The third-order valence-electron chi connectivity index (χ3n) is 12.4. The monoisotopic (exact) mass is 1020 g/mol. The Morgan fingerprint density at radius 3 is 1.98 bits per heavy atom. The van der Waals surface area contributed by atoms with Crippen molar-refractivity contribution in [2.24, 2.45) is 0 Å². The normalized spacial score (nSPS) is 12.0. The van der Waals surface area contributed by atoms with E-state index in [9.17, 15) is 0 Å². The quantitative estimate of drug-likeness (QED) is 0.130. The molecular weight excluding hydrogens is 975 g/mol. The first-order valence-corrected chi connectivity index (χ1v) is 22.1. The second-order valence-corrected chi connectivity index (χ2v) is 17.4. The number of thiophene rings is 1. The fraction of sp³-hybridized carbons (Fsp3) is 0.0508. The van der Waals surface area contributed by atoms with Crippen LogP contribution in [0.25, 0.3) is 113 Å². The summed E-state index contributed by atoms with van der Waals surface area (Å²) in [6.07, 6.45) is 1.75. The predicted molar refractivity (Wildman–Crippen MR) is 269 cm³/mol. The van der Waals surface area contributed by atoms with Crippen molar-refractivity contribution in [3.8, 4) is 22.6 Å². The zero-order chi connectivity index (χ0) is 42.9. The Bertz CT molecular complexity index is 4020. The Balaban J connectivity index is 0.000000235. The van der Waals surface area contributed by atoms with Crippen molar-refractivity contribution in [2.75, 3.05) is 0 Å². The number of hydrogen-bond donors (Lipinski definition) is 0. The molecule has 0 fully saturated rings. The summed E-state index contributed by atoms with van der Waals surface area (Å²) in [5, 5.41) is 14.9. The van der Waals surface area contributed by atoms with Crippen LogP contribution in [0, 0.1) is 12.1 Å². The number of imidazole rings is 1. The molecule has 1 radical (unpaired) electrons. The van der Waals surface area contributed by atoms with Gasteiger partial charge < -0.3 is 9.38 Å². The van der Waals surface area contributed by atoms with Gasteiger partial charge in [0.25, 0.3) is 0 Å². The maximum Gasteiger partial charge on any atom is 0.0780 e. The van der Waals surface area contributed by atoms with Gasteiger partial charge in [-0.3, -0.25) is 4.98 Å². The Kier molecular flexibility index (Phi) is 9.83. The number of pyridine rings is 1. The first-order valence-electron chi connectivity index (χ1n) is 21.8. The summed E-state index contributed by atoms with van der Waals surface area (Å²) in [6.45, 7) is 3.75. The van der Waals surface area contributed by atoms with Gasteiger partial charge in [0.05, 0.1) is 16.9 Å². The number of nitrogens with zero attached hydrogens (tertiary/aromatic N) is 3. The number of fused-ring (bicyclic) bond motifs is 13. The van der Waals surface area contributed by atoms with E-state index in [0.717, 1.165) is 44.8 Å². The van der Waals surface area contributed by atoms with E-state index in [-0.39, 0.29) is 20.1 Å². The van der Waals surface area contributed by atoms with Crippen molar-refractivity contribution >= 4 is 102 Å². The maximum absolute atomic E-state index is 7.99. The zero-order valence-corrected chi connectivity index (χ0v) is 38.3. The molecule has 3 nitrogen and oxygen atoms in total. The van der Waals surface area contributed by atoms with Gasteiger partial charge in [0.1, 0.15) is 0 Å². The summed E-state index contributed by atoms with van der Waals surface area (Å²) in [4.78, 5) is 9.76. The van der Waals surface area contributed by atoms with Crippen LogP contribution in [0.2, 0.25) is 0 Å². The molecule has 0 spiro atoms. The van der Waals surface area contributed by atoms with E-state index in [1.54, 1.807) is 6.20 Å². The van der Waals surface area contributed by atoms with E-state index in [1.807, 2.05) is 61.6 Å². The van der Waals surface area contributed by atoms with E-state index >= 15 is 0 Å². The van der Waals surface area contributed by atoms with Crippen molar-refractivity contribution in [3.63, 3.8) is 0 Å². The minimum atomic E-state index is -0.591. The summed E-state index contributed by atoms with van der Waals surface area (Å²) in [5.41, 5.74) is 7.04. The van der Waals surface area contributed by atoms with Crippen LogP contribution >= 0.6 is 11.3 Å². The van der Waals surface area contributed by atoms with Crippen molar-refractivity contribution < 1.29 is 21.5 Å². The molecule has 0 saturated carbocycles. The minimum absolute atomic E-state index is 0.